The zero-order valence-corrected chi connectivity index (χ0v) is 21.5. The maximum Gasteiger partial charge on any atom is 0.337 e. The minimum absolute atomic E-state index is 0. The van der Waals surface area contributed by atoms with Gasteiger partial charge in [-0.3, -0.25) is 10.1 Å². The Kier molecular flexibility index (Phi) is 9.77. The first-order valence-corrected chi connectivity index (χ1v) is 11.1. The number of esters is 2. The summed E-state index contributed by atoms with van der Waals surface area (Å²) in [5.41, 5.74) is 2.40. The van der Waals surface area contributed by atoms with Crippen molar-refractivity contribution in [1.29, 1.82) is 0 Å². The van der Waals surface area contributed by atoms with Crippen molar-refractivity contribution in [3.05, 3.63) is 98.4 Å². The summed E-state index contributed by atoms with van der Waals surface area (Å²) in [6, 6.07) is 15.0. The zero-order valence-electron chi connectivity index (χ0n) is 20.7. The van der Waals surface area contributed by atoms with Crippen molar-refractivity contribution in [2.24, 2.45) is 0 Å². The van der Waals surface area contributed by atoms with Gasteiger partial charge in [0.2, 0.25) is 0 Å². The smallest absolute Gasteiger partial charge is 0.337 e. The van der Waals surface area contributed by atoms with Crippen LogP contribution in [0.3, 0.4) is 0 Å². The van der Waals surface area contributed by atoms with Crippen LogP contribution in [0.2, 0.25) is 0 Å². The lowest BCUT2D eigenvalue weighted by atomic mass is 9.80. The highest BCUT2D eigenvalue weighted by atomic mass is 35.5. The molecule has 2 aromatic carbocycles. The molecular weight excluding hydrogens is 486 g/mol. The van der Waals surface area contributed by atoms with Gasteiger partial charge in [0.15, 0.2) is 0 Å². The second-order valence-electron chi connectivity index (χ2n) is 8.29. The lowest BCUT2D eigenvalue weighted by Crippen LogP contribution is -2.36. The van der Waals surface area contributed by atoms with E-state index in [-0.39, 0.29) is 35.3 Å². The summed E-state index contributed by atoms with van der Waals surface area (Å²) in [7, 11) is 3.02. The van der Waals surface area contributed by atoms with Crippen LogP contribution >= 0.6 is 12.4 Å². The molecule has 9 nitrogen and oxygen atoms in total. The number of benzene rings is 2. The molecule has 3 rings (SSSR count). The number of methoxy groups -OCH3 is 1. The summed E-state index contributed by atoms with van der Waals surface area (Å²) in [5, 5.41) is 17.6. The number of halogens is 1. The van der Waals surface area contributed by atoms with E-state index >= 15 is 0 Å². The van der Waals surface area contributed by atoms with Crippen LogP contribution in [0.1, 0.15) is 43.9 Å². The quantitative estimate of drug-likeness (QED) is 0.303. The third kappa shape index (κ3) is 5.92. The molecule has 0 saturated heterocycles. The maximum atomic E-state index is 13.7. The van der Waals surface area contributed by atoms with E-state index in [9.17, 15) is 19.7 Å². The van der Waals surface area contributed by atoms with Crippen LogP contribution in [0.15, 0.2) is 77.1 Å². The van der Waals surface area contributed by atoms with Crippen LogP contribution in [0.25, 0.3) is 0 Å². The van der Waals surface area contributed by atoms with Gasteiger partial charge < -0.3 is 20.1 Å². The number of ether oxygens (including phenoxy) is 2. The largest absolute Gasteiger partial charge is 0.466 e. The molecule has 0 aromatic heterocycles. The third-order valence-electron chi connectivity index (χ3n) is 6.07. The van der Waals surface area contributed by atoms with E-state index < -0.39 is 28.9 Å². The van der Waals surface area contributed by atoms with Crippen LogP contribution in [-0.4, -0.2) is 37.1 Å². The van der Waals surface area contributed by atoms with E-state index in [1.54, 1.807) is 27.0 Å². The third-order valence-corrected chi connectivity index (χ3v) is 6.07. The molecule has 1 heterocycles. The Morgan fingerprint density at radius 2 is 1.64 bits per heavy atom. The van der Waals surface area contributed by atoms with Crippen LogP contribution in [0.4, 0.5) is 5.69 Å². The second-order valence-corrected chi connectivity index (χ2v) is 8.29. The number of nitro groups is 1. The molecule has 0 amide bonds. The Balaban J connectivity index is 0.00000456. The minimum Gasteiger partial charge on any atom is -0.466 e. The van der Waals surface area contributed by atoms with Crippen molar-refractivity contribution in [3.8, 4) is 0 Å². The number of dihydropyridines is 1. The number of non-ortho nitro benzene ring substituents is 1. The number of nitrogens with zero attached hydrogens (tertiary/aromatic N) is 1. The lowest BCUT2D eigenvalue weighted by Gasteiger charge is -2.32. The summed E-state index contributed by atoms with van der Waals surface area (Å²) in [6.07, 6.45) is -0.617. The predicted molar refractivity (Wildman–Crippen MR) is 137 cm³/mol. The monoisotopic (exact) mass is 515 g/mol. The van der Waals surface area contributed by atoms with E-state index in [0.29, 0.717) is 17.0 Å². The standard InChI is InChI=1S/C26H29N3O6.ClH/c1-15-21(25(30)34-5)23(19-12-9-13-20(14-19)29(32)33)22(16(2)28-15)26(31)35-24(17(3)27-4)18-10-7-6-8-11-18;/h6-14,17,23-24,27-28H,1-5H3;1H. The number of likely N-dealkylation sites (N-methyl/N-ethyl adjacent to an activating group) is 1. The molecule has 0 aliphatic carbocycles. The lowest BCUT2D eigenvalue weighted by molar-refractivity contribution is -0.384. The Hall–Kier alpha value is -3.69. The topological polar surface area (TPSA) is 120 Å². The van der Waals surface area contributed by atoms with Gasteiger partial charge >= 0.3 is 11.9 Å². The zero-order chi connectivity index (χ0) is 25.7. The number of nitrogens with one attached hydrogen (secondary N) is 2. The van der Waals surface area contributed by atoms with Crippen molar-refractivity contribution in [1.82, 2.24) is 10.6 Å². The molecule has 1 aliphatic rings. The molecule has 0 bridgehead atoms. The number of carbonyl (C=O) groups excluding carboxylic acids is 2. The summed E-state index contributed by atoms with van der Waals surface area (Å²) in [6.45, 7) is 5.29. The molecule has 0 fully saturated rings. The van der Waals surface area contributed by atoms with Crippen LogP contribution < -0.4 is 10.6 Å². The summed E-state index contributed by atoms with van der Waals surface area (Å²) in [4.78, 5) is 37.5. The van der Waals surface area contributed by atoms with Gasteiger partial charge in [0.1, 0.15) is 6.10 Å². The number of rotatable bonds is 8. The molecule has 3 atom stereocenters. The van der Waals surface area contributed by atoms with Crippen molar-refractivity contribution in [2.45, 2.75) is 38.8 Å². The highest BCUT2D eigenvalue weighted by Crippen LogP contribution is 2.41. The maximum absolute atomic E-state index is 13.7. The van der Waals surface area contributed by atoms with E-state index in [1.807, 2.05) is 37.3 Å². The number of allylic oxidation sites excluding steroid dienone is 2. The van der Waals surface area contributed by atoms with Gasteiger partial charge in [-0.25, -0.2) is 9.59 Å². The van der Waals surface area contributed by atoms with Gasteiger partial charge in [0, 0.05) is 29.6 Å². The second kappa shape index (κ2) is 12.3. The average molecular weight is 516 g/mol. The fourth-order valence-electron chi connectivity index (χ4n) is 4.23. The number of carbonyl (C=O) groups is 2. The molecule has 2 aromatic rings. The minimum atomic E-state index is -0.919. The summed E-state index contributed by atoms with van der Waals surface area (Å²) in [5.74, 6) is -2.21. The van der Waals surface area contributed by atoms with Crippen molar-refractivity contribution < 1.29 is 24.0 Å². The van der Waals surface area contributed by atoms with Crippen LogP contribution in [-0.2, 0) is 19.1 Å². The molecule has 0 radical (unpaired) electrons. The fourth-order valence-corrected chi connectivity index (χ4v) is 4.23. The molecule has 192 valence electrons. The fraction of sp³-hybridized carbons (Fsp3) is 0.308. The van der Waals surface area contributed by atoms with Gasteiger partial charge in [0.25, 0.3) is 5.69 Å². The van der Waals surface area contributed by atoms with Crippen molar-refractivity contribution in [3.63, 3.8) is 0 Å². The Morgan fingerprint density at radius 3 is 2.19 bits per heavy atom. The average Bonchev–Trinajstić information content (AvgIpc) is 2.86. The van der Waals surface area contributed by atoms with Crippen LogP contribution in [0, 0.1) is 10.1 Å². The number of hydrogen-bond donors (Lipinski definition) is 2. The Bertz CT molecular complexity index is 1200. The summed E-state index contributed by atoms with van der Waals surface area (Å²) >= 11 is 0. The highest BCUT2D eigenvalue weighted by Gasteiger charge is 2.39. The van der Waals surface area contributed by atoms with Crippen LogP contribution in [0.5, 0.6) is 0 Å². The first kappa shape index (κ1) is 28.5. The molecule has 0 spiro atoms. The van der Waals surface area contributed by atoms with Gasteiger partial charge in [-0.05, 0) is 38.9 Å². The van der Waals surface area contributed by atoms with E-state index in [1.165, 1.54) is 25.3 Å². The molecule has 36 heavy (non-hydrogen) atoms. The summed E-state index contributed by atoms with van der Waals surface area (Å²) < 4.78 is 11.0. The van der Waals surface area contributed by atoms with Crippen molar-refractivity contribution in [2.75, 3.05) is 14.2 Å². The molecule has 0 saturated carbocycles. The van der Waals surface area contributed by atoms with Gasteiger partial charge in [-0.15, -0.1) is 12.4 Å². The first-order chi connectivity index (χ1) is 16.7. The normalized spacial score (nSPS) is 16.9. The molecule has 10 heteroatoms. The number of nitro benzene ring substituents is 1. The van der Waals surface area contributed by atoms with E-state index in [2.05, 4.69) is 10.6 Å². The first-order valence-electron chi connectivity index (χ1n) is 11.1. The Labute approximate surface area is 216 Å². The van der Waals surface area contributed by atoms with Gasteiger partial charge in [-0.1, -0.05) is 42.5 Å². The Morgan fingerprint density at radius 1 is 1.03 bits per heavy atom. The van der Waals surface area contributed by atoms with E-state index in [4.69, 9.17) is 9.47 Å². The molecule has 2 N–H and O–H groups in total. The highest BCUT2D eigenvalue weighted by molar-refractivity contribution is 6.00. The number of hydrogen-bond acceptors (Lipinski definition) is 8. The van der Waals surface area contributed by atoms with Gasteiger partial charge in [-0.2, -0.15) is 0 Å². The van der Waals surface area contributed by atoms with Crippen molar-refractivity contribution >= 4 is 30.0 Å². The molecular formula is C26H30ClN3O6. The SMILES string of the molecule is CNC(C)C(OC(=O)C1=C(C)NC(C)=C(C(=O)OC)C1c1cccc([N+](=O)[O-])c1)c1ccccc1.Cl. The van der Waals surface area contributed by atoms with Gasteiger partial charge in [0.05, 0.1) is 29.1 Å². The molecule has 1 aliphatic heterocycles. The van der Waals surface area contributed by atoms with E-state index in [0.717, 1.165) is 5.56 Å². The predicted octanol–water partition coefficient (Wildman–Crippen LogP) is 4.32. The molecule has 3 unspecified atom stereocenters.